The maximum absolute atomic E-state index is 12.5. The second-order valence-corrected chi connectivity index (χ2v) is 8.06. The normalized spacial score (nSPS) is 14.6. The Balaban J connectivity index is 1.40. The van der Waals surface area contributed by atoms with Gasteiger partial charge in [0.05, 0.1) is 22.8 Å². The molecule has 4 nitrogen and oxygen atoms in total. The number of nitrogens with zero attached hydrogens (tertiary/aromatic N) is 2. The number of fused-ring (bicyclic) bond motifs is 2. The summed E-state index contributed by atoms with van der Waals surface area (Å²) in [6.07, 6.45) is 3.49. The first-order valence-corrected chi connectivity index (χ1v) is 9.89. The molecular formula is C21H23N3OS. The standard InChI is InChI=1S/C21H23N3OS/c1-14(21-23-18-8-3-4-9-19(18)26-21)24(2)13-20(25)22-17-11-10-15-6-5-7-16(15)12-17/h3-4,8-12,14H,5-7,13H2,1-2H3,(H,22,25)/t14-/m1/s1. The van der Waals surface area contributed by atoms with Crippen molar-refractivity contribution < 1.29 is 4.79 Å². The van der Waals surface area contributed by atoms with Crippen LogP contribution in [0.2, 0.25) is 0 Å². The van der Waals surface area contributed by atoms with Gasteiger partial charge in [-0.15, -0.1) is 11.3 Å². The van der Waals surface area contributed by atoms with Gasteiger partial charge in [-0.3, -0.25) is 9.69 Å². The van der Waals surface area contributed by atoms with Crippen LogP contribution in [-0.2, 0) is 17.6 Å². The Morgan fingerprint density at radius 2 is 2.04 bits per heavy atom. The first-order valence-electron chi connectivity index (χ1n) is 9.07. The molecule has 134 valence electrons. The van der Waals surface area contributed by atoms with E-state index in [1.54, 1.807) is 11.3 Å². The lowest BCUT2D eigenvalue weighted by Gasteiger charge is -2.22. The molecule has 1 atom stereocenters. The molecule has 0 aliphatic heterocycles. The number of aryl methyl sites for hydroxylation is 2. The number of anilines is 1. The Morgan fingerprint density at radius 3 is 2.88 bits per heavy atom. The fourth-order valence-electron chi connectivity index (χ4n) is 3.47. The Bertz CT molecular complexity index is 916. The van der Waals surface area contributed by atoms with Crippen LogP contribution in [0.3, 0.4) is 0 Å². The molecule has 3 aromatic rings. The molecule has 1 aliphatic rings. The molecule has 1 aromatic heterocycles. The highest BCUT2D eigenvalue weighted by molar-refractivity contribution is 7.18. The van der Waals surface area contributed by atoms with Crippen molar-refractivity contribution in [2.24, 2.45) is 0 Å². The number of likely N-dealkylation sites (N-methyl/N-ethyl adjacent to an activating group) is 1. The molecule has 0 saturated carbocycles. The molecule has 1 N–H and O–H groups in total. The minimum Gasteiger partial charge on any atom is -0.325 e. The number of thiazole rings is 1. The van der Waals surface area contributed by atoms with Gasteiger partial charge in [-0.05, 0) is 68.6 Å². The molecule has 0 spiro atoms. The van der Waals surface area contributed by atoms with Crippen LogP contribution >= 0.6 is 11.3 Å². The van der Waals surface area contributed by atoms with E-state index >= 15 is 0 Å². The summed E-state index contributed by atoms with van der Waals surface area (Å²) in [6.45, 7) is 2.44. The van der Waals surface area contributed by atoms with Gasteiger partial charge < -0.3 is 5.32 Å². The van der Waals surface area contributed by atoms with Crippen molar-refractivity contribution in [2.45, 2.75) is 32.2 Å². The maximum atomic E-state index is 12.5. The van der Waals surface area contributed by atoms with Crippen LogP contribution < -0.4 is 5.32 Å². The smallest absolute Gasteiger partial charge is 0.238 e. The third-order valence-electron chi connectivity index (χ3n) is 5.10. The van der Waals surface area contributed by atoms with E-state index in [4.69, 9.17) is 4.98 Å². The molecule has 0 radical (unpaired) electrons. The topological polar surface area (TPSA) is 45.2 Å². The number of para-hydroxylation sites is 1. The highest BCUT2D eigenvalue weighted by Gasteiger charge is 2.19. The lowest BCUT2D eigenvalue weighted by Crippen LogP contribution is -2.32. The van der Waals surface area contributed by atoms with Crippen molar-refractivity contribution in [3.05, 3.63) is 58.6 Å². The summed E-state index contributed by atoms with van der Waals surface area (Å²) in [7, 11) is 1.97. The third-order valence-corrected chi connectivity index (χ3v) is 6.31. The predicted molar refractivity (Wildman–Crippen MR) is 108 cm³/mol. The van der Waals surface area contributed by atoms with Gasteiger partial charge in [-0.1, -0.05) is 18.2 Å². The molecule has 1 heterocycles. The lowest BCUT2D eigenvalue weighted by atomic mass is 10.1. The molecule has 1 aliphatic carbocycles. The Kier molecular flexibility index (Phi) is 4.74. The van der Waals surface area contributed by atoms with Gasteiger partial charge in [0.15, 0.2) is 0 Å². The molecule has 0 bridgehead atoms. The summed E-state index contributed by atoms with van der Waals surface area (Å²) in [5.74, 6) is 0.0124. The van der Waals surface area contributed by atoms with Crippen LogP contribution in [0.1, 0.15) is 35.5 Å². The molecule has 0 fully saturated rings. The van der Waals surface area contributed by atoms with E-state index in [0.29, 0.717) is 6.54 Å². The number of benzene rings is 2. The molecule has 0 saturated heterocycles. The van der Waals surface area contributed by atoms with Gasteiger partial charge in [0, 0.05) is 5.69 Å². The van der Waals surface area contributed by atoms with Crippen LogP contribution in [0.15, 0.2) is 42.5 Å². The van der Waals surface area contributed by atoms with E-state index < -0.39 is 0 Å². The summed E-state index contributed by atoms with van der Waals surface area (Å²) in [5.41, 5.74) is 4.72. The average molecular weight is 366 g/mol. The van der Waals surface area contributed by atoms with Gasteiger partial charge >= 0.3 is 0 Å². The van der Waals surface area contributed by atoms with E-state index in [-0.39, 0.29) is 11.9 Å². The number of rotatable bonds is 5. The monoisotopic (exact) mass is 365 g/mol. The van der Waals surface area contributed by atoms with Gasteiger partial charge in [0.25, 0.3) is 0 Å². The second-order valence-electron chi connectivity index (χ2n) is 7.00. The minimum atomic E-state index is 0.0124. The highest BCUT2D eigenvalue weighted by Crippen LogP contribution is 2.29. The molecule has 4 rings (SSSR count). The first-order chi connectivity index (χ1) is 12.6. The van der Waals surface area contributed by atoms with E-state index in [2.05, 4.69) is 30.4 Å². The molecule has 5 heteroatoms. The van der Waals surface area contributed by atoms with Crippen LogP contribution in [0.4, 0.5) is 5.69 Å². The number of carbonyl (C=O) groups is 1. The summed E-state index contributed by atoms with van der Waals surface area (Å²) in [5, 5.41) is 4.08. The number of hydrogen-bond donors (Lipinski definition) is 1. The average Bonchev–Trinajstić information content (AvgIpc) is 3.26. The van der Waals surface area contributed by atoms with Gasteiger partial charge in [-0.25, -0.2) is 4.98 Å². The molecule has 0 unspecified atom stereocenters. The Labute approximate surface area is 157 Å². The zero-order valence-electron chi connectivity index (χ0n) is 15.2. The predicted octanol–water partition coefficient (Wildman–Crippen LogP) is 4.42. The van der Waals surface area contributed by atoms with Crippen LogP contribution in [0.25, 0.3) is 10.2 Å². The molecule has 2 aromatic carbocycles. The van der Waals surface area contributed by atoms with Crippen molar-refractivity contribution >= 4 is 33.1 Å². The number of carbonyl (C=O) groups excluding carboxylic acids is 1. The van der Waals surface area contributed by atoms with E-state index in [1.807, 2.05) is 36.2 Å². The fourth-order valence-corrected chi connectivity index (χ4v) is 4.56. The summed E-state index contributed by atoms with van der Waals surface area (Å²) < 4.78 is 1.19. The SMILES string of the molecule is C[C@H](c1nc2ccccc2s1)N(C)CC(=O)Nc1ccc2c(c1)CCC2. The largest absolute Gasteiger partial charge is 0.325 e. The Morgan fingerprint density at radius 1 is 1.23 bits per heavy atom. The van der Waals surface area contributed by atoms with Crippen molar-refractivity contribution in [2.75, 3.05) is 18.9 Å². The second kappa shape index (κ2) is 7.17. The molecule has 26 heavy (non-hydrogen) atoms. The summed E-state index contributed by atoms with van der Waals surface area (Å²) in [6, 6.07) is 14.5. The van der Waals surface area contributed by atoms with E-state index in [9.17, 15) is 4.79 Å². The van der Waals surface area contributed by atoms with Crippen LogP contribution in [0.5, 0.6) is 0 Å². The third kappa shape index (κ3) is 3.50. The Hall–Kier alpha value is -2.24. The molecule has 1 amide bonds. The summed E-state index contributed by atoms with van der Waals surface area (Å²) in [4.78, 5) is 19.2. The lowest BCUT2D eigenvalue weighted by molar-refractivity contribution is -0.117. The number of aromatic nitrogens is 1. The van der Waals surface area contributed by atoms with E-state index in [1.165, 1.54) is 22.2 Å². The van der Waals surface area contributed by atoms with E-state index in [0.717, 1.165) is 29.1 Å². The number of amides is 1. The molecular weight excluding hydrogens is 342 g/mol. The van der Waals surface area contributed by atoms with Gasteiger partial charge in [0.1, 0.15) is 5.01 Å². The van der Waals surface area contributed by atoms with Crippen LogP contribution in [0, 0.1) is 0 Å². The maximum Gasteiger partial charge on any atom is 0.238 e. The number of nitrogens with one attached hydrogen (secondary N) is 1. The van der Waals surface area contributed by atoms with Gasteiger partial charge in [0.2, 0.25) is 5.91 Å². The number of hydrogen-bond acceptors (Lipinski definition) is 4. The zero-order chi connectivity index (χ0) is 18.1. The van der Waals surface area contributed by atoms with Gasteiger partial charge in [-0.2, -0.15) is 0 Å². The zero-order valence-corrected chi connectivity index (χ0v) is 16.0. The summed E-state index contributed by atoms with van der Waals surface area (Å²) >= 11 is 1.69. The van der Waals surface area contributed by atoms with Crippen LogP contribution in [-0.4, -0.2) is 29.4 Å². The quantitative estimate of drug-likeness (QED) is 0.728. The van der Waals surface area contributed by atoms with Crippen molar-refractivity contribution in [1.29, 1.82) is 0 Å². The van der Waals surface area contributed by atoms with Crippen molar-refractivity contribution in [3.63, 3.8) is 0 Å². The van der Waals surface area contributed by atoms with Crippen molar-refractivity contribution in [1.82, 2.24) is 9.88 Å². The van der Waals surface area contributed by atoms with Crippen molar-refractivity contribution in [3.8, 4) is 0 Å². The fraction of sp³-hybridized carbons (Fsp3) is 0.333. The first kappa shape index (κ1) is 17.2. The minimum absolute atomic E-state index is 0.0124. The highest BCUT2D eigenvalue weighted by atomic mass is 32.1.